The van der Waals surface area contributed by atoms with Crippen LogP contribution in [0.5, 0.6) is 0 Å². The lowest BCUT2D eigenvalue weighted by Crippen LogP contribution is -2.34. The van der Waals surface area contributed by atoms with Crippen molar-refractivity contribution < 1.29 is 9.72 Å². The summed E-state index contributed by atoms with van der Waals surface area (Å²) in [7, 11) is 0. The van der Waals surface area contributed by atoms with Gasteiger partial charge in [0.1, 0.15) is 0 Å². The molecule has 0 radical (unpaired) electrons. The summed E-state index contributed by atoms with van der Waals surface area (Å²) in [6, 6.07) is 6.05. The number of hydrogen-bond acceptors (Lipinski definition) is 3. The lowest BCUT2D eigenvalue weighted by Gasteiger charge is -2.16. The zero-order valence-corrected chi connectivity index (χ0v) is 7.47. The van der Waals surface area contributed by atoms with E-state index in [-0.39, 0.29) is 5.78 Å². The van der Waals surface area contributed by atoms with E-state index in [1.807, 2.05) is 12.1 Å². The Hall–Kier alpha value is -1.71. The molecule has 1 aromatic carbocycles. The molecule has 72 valence electrons. The fourth-order valence-electron chi connectivity index (χ4n) is 1.78. The van der Waals surface area contributed by atoms with Crippen LogP contribution in [0.3, 0.4) is 0 Å². The number of hydrogen-bond donors (Lipinski definition) is 0. The van der Waals surface area contributed by atoms with Gasteiger partial charge in [-0.05, 0) is 12.0 Å². The highest BCUT2D eigenvalue weighted by atomic mass is 16.6. The van der Waals surface area contributed by atoms with E-state index in [4.69, 9.17) is 0 Å². The van der Waals surface area contributed by atoms with Crippen LogP contribution in [0.25, 0.3) is 0 Å². The van der Waals surface area contributed by atoms with Crippen LogP contribution in [0.2, 0.25) is 0 Å². The minimum Gasteiger partial charge on any atom is -0.286 e. The predicted molar refractivity (Wildman–Crippen MR) is 49.9 cm³/mol. The van der Waals surface area contributed by atoms with Gasteiger partial charge in [-0.1, -0.05) is 24.3 Å². The second-order valence-electron chi connectivity index (χ2n) is 3.36. The Labute approximate surface area is 80.7 Å². The summed E-state index contributed by atoms with van der Waals surface area (Å²) in [4.78, 5) is 21.7. The van der Waals surface area contributed by atoms with Crippen molar-refractivity contribution in [3.63, 3.8) is 0 Å². The molecule has 4 heteroatoms. The van der Waals surface area contributed by atoms with Gasteiger partial charge >= 0.3 is 0 Å². The Morgan fingerprint density at radius 3 is 2.79 bits per heavy atom. The first-order valence-electron chi connectivity index (χ1n) is 4.46. The van der Waals surface area contributed by atoms with E-state index in [9.17, 15) is 14.9 Å². The lowest BCUT2D eigenvalue weighted by molar-refractivity contribution is -0.506. The number of fused-ring (bicyclic) bond motifs is 1. The first-order chi connectivity index (χ1) is 6.70. The van der Waals surface area contributed by atoms with Crippen molar-refractivity contribution in [1.82, 2.24) is 0 Å². The van der Waals surface area contributed by atoms with Gasteiger partial charge in [0.05, 0.1) is 0 Å². The van der Waals surface area contributed by atoms with Crippen LogP contribution in [0.1, 0.15) is 22.3 Å². The summed E-state index contributed by atoms with van der Waals surface area (Å²) in [5.41, 5.74) is 1.44. The molecule has 0 saturated carbocycles. The number of aryl methyl sites for hydroxylation is 1. The summed E-state index contributed by atoms with van der Waals surface area (Å²) >= 11 is 0. The average molecular weight is 191 g/mol. The molecular formula is C10H9NO3. The molecule has 0 unspecified atom stereocenters. The van der Waals surface area contributed by atoms with E-state index in [1.165, 1.54) is 0 Å². The highest BCUT2D eigenvalue weighted by Gasteiger charge is 2.35. The van der Waals surface area contributed by atoms with Gasteiger partial charge < -0.3 is 0 Å². The molecular weight excluding hydrogens is 182 g/mol. The molecule has 1 atom stereocenters. The highest BCUT2D eigenvalue weighted by molar-refractivity contribution is 6.01. The molecule has 0 aliphatic heterocycles. The highest BCUT2D eigenvalue weighted by Crippen LogP contribution is 2.22. The van der Waals surface area contributed by atoms with Crippen LogP contribution >= 0.6 is 0 Å². The normalized spacial score (nSPS) is 20.3. The number of benzene rings is 1. The largest absolute Gasteiger partial charge is 0.286 e. The number of carbonyl (C=O) groups is 1. The van der Waals surface area contributed by atoms with Gasteiger partial charge in [0.2, 0.25) is 5.78 Å². The fraction of sp³-hybridized carbons (Fsp3) is 0.300. The predicted octanol–water partition coefficient (Wildman–Crippen LogP) is 1.46. The van der Waals surface area contributed by atoms with E-state index in [0.29, 0.717) is 18.4 Å². The van der Waals surface area contributed by atoms with Gasteiger partial charge in [-0.2, -0.15) is 0 Å². The minimum atomic E-state index is -1.04. The zero-order chi connectivity index (χ0) is 10.1. The Morgan fingerprint density at radius 2 is 2.07 bits per heavy atom. The fourth-order valence-corrected chi connectivity index (χ4v) is 1.78. The second kappa shape index (κ2) is 3.21. The van der Waals surface area contributed by atoms with Crippen molar-refractivity contribution in [2.24, 2.45) is 0 Å². The quantitative estimate of drug-likeness (QED) is 0.498. The molecule has 0 N–H and O–H groups in total. The molecule has 2 rings (SSSR count). The maximum Gasteiger partial charge on any atom is 0.275 e. The number of nitrogens with zero attached hydrogens (tertiary/aromatic N) is 1. The molecule has 0 bridgehead atoms. The van der Waals surface area contributed by atoms with Crippen LogP contribution < -0.4 is 0 Å². The van der Waals surface area contributed by atoms with Crippen molar-refractivity contribution in [1.29, 1.82) is 0 Å². The monoisotopic (exact) mass is 191 g/mol. The Bertz CT molecular complexity index is 400. The molecule has 0 spiro atoms. The molecule has 0 heterocycles. The number of nitro groups is 1. The summed E-state index contributed by atoms with van der Waals surface area (Å²) in [6.45, 7) is 0. The minimum absolute atomic E-state index is 0.322. The van der Waals surface area contributed by atoms with Crippen LogP contribution in [-0.2, 0) is 6.42 Å². The first-order valence-corrected chi connectivity index (χ1v) is 4.46. The second-order valence-corrected chi connectivity index (χ2v) is 3.36. The standard InChI is InChI=1S/C10H9NO3/c12-10-8-4-2-1-3-7(8)5-6-9(10)11(13)14/h1-4,9H,5-6H2/t9-/m1/s1. The Morgan fingerprint density at radius 1 is 1.36 bits per heavy atom. The van der Waals surface area contributed by atoms with Crippen LogP contribution in [-0.4, -0.2) is 16.7 Å². The third-order valence-electron chi connectivity index (χ3n) is 2.53. The van der Waals surface area contributed by atoms with Gasteiger partial charge in [0.15, 0.2) is 0 Å². The van der Waals surface area contributed by atoms with Crippen LogP contribution in [0.15, 0.2) is 24.3 Å². The van der Waals surface area contributed by atoms with Gasteiger partial charge in [-0.15, -0.1) is 0 Å². The molecule has 14 heavy (non-hydrogen) atoms. The van der Waals surface area contributed by atoms with Gasteiger partial charge in [-0.3, -0.25) is 14.9 Å². The summed E-state index contributed by atoms with van der Waals surface area (Å²) in [5, 5.41) is 10.6. The van der Waals surface area contributed by atoms with Crippen molar-refractivity contribution >= 4 is 5.78 Å². The van der Waals surface area contributed by atoms with Crippen molar-refractivity contribution in [2.75, 3.05) is 0 Å². The first kappa shape index (κ1) is 8.87. The lowest BCUT2D eigenvalue weighted by atomic mass is 9.87. The third kappa shape index (κ3) is 1.28. The van der Waals surface area contributed by atoms with E-state index in [2.05, 4.69) is 0 Å². The van der Waals surface area contributed by atoms with Gasteiger partial charge in [0, 0.05) is 16.9 Å². The van der Waals surface area contributed by atoms with E-state index < -0.39 is 11.0 Å². The van der Waals surface area contributed by atoms with Crippen molar-refractivity contribution in [3.8, 4) is 0 Å². The summed E-state index contributed by atoms with van der Waals surface area (Å²) in [5.74, 6) is -0.350. The van der Waals surface area contributed by atoms with E-state index >= 15 is 0 Å². The summed E-state index contributed by atoms with van der Waals surface area (Å²) in [6.07, 6.45) is 0.941. The topological polar surface area (TPSA) is 60.2 Å². The number of rotatable bonds is 1. The molecule has 1 aliphatic carbocycles. The molecule has 0 aromatic heterocycles. The maximum absolute atomic E-state index is 11.6. The number of ketones is 1. The van der Waals surface area contributed by atoms with Crippen molar-refractivity contribution in [3.05, 3.63) is 45.5 Å². The third-order valence-corrected chi connectivity index (χ3v) is 2.53. The zero-order valence-electron chi connectivity index (χ0n) is 7.47. The molecule has 1 aliphatic rings. The molecule has 0 fully saturated rings. The van der Waals surface area contributed by atoms with Crippen LogP contribution in [0.4, 0.5) is 0 Å². The maximum atomic E-state index is 11.6. The average Bonchev–Trinajstić information content (AvgIpc) is 2.18. The van der Waals surface area contributed by atoms with Gasteiger partial charge in [0.25, 0.3) is 6.04 Å². The SMILES string of the molecule is O=C1c2ccccc2CC[C@H]1[N+](=O)[O-]. The molecule has 4 nitrogen and oxygen atoms in total. The summed E-state index contributed by atoms with van der Waals surface area (Å²) < 4.78 is 0. The van der Waals surface area contributed by atoms with Gasteiger partial charge in [-0.25, -0.2) is 0 Å². The number of carbonyl (C=O) groups excluding carboxylic acids is 1. The number of Topliss-reactive ketones (excluding diaryl/α,β-unsaturated/α-hetero) is 1. The van der Waals surface area contributed by atoms with Crippen molar-refractivity contribution in [2.45, 2.75) is 18.9 Å². The molecule has 0 amide bonds. The Kier molecular flexibility index (Phi) is 2.04. The van der Waals surface area contributed by atoms with E-state index in [0.717, 1.165) is 5.56 Å². The van der Waals surface area contributed by atoms with Crippen LogP contribution in [0, 0.1) is 10.1 Å². The van der Waals surface area contributed by atoms with E-state index in [1.54, 1.807) is 12.1 Å². The Balaban J connectivity index is 2.41. The molecule has 1 aromatic rings. The smallest absolute Gasteiger partial charge is 0.275 e. The molecule has 0 saturated heterocycles.